The van der Waals surface area contributed by atoms with E-state index in [9.17, 15) is 4.79 Å². The van der Waals surface area contributed by atoms with Crippen LogP contribution < -0.4 is 10.5 Å². The van der Waals surface area contributed by atoms with Crippen molar-refractivity contribution in [2.45, 2.75) is 18.9 Å². The minimum absolute atomic E-state index is 0.468. The van der Waals surface area contributed by atoms with Crippen molar-refractivity contribution in [3.05, 3.63) is 0 Å². The highest BCUT2D eigenvalue weighted by Gasteiger charge is 2.12. The van der Waals surface area contributed by atoms with Crippen LogP contribution in [0, 0.1) is 0 Å². The summed E-state index contributed by atoms with van der Waals surface area (Å²) in [6.45, 7) is 0.589. The minimum atomic E-state index is -0.940. The first-order valence-electron chi connectivity index (χ1n) is 3.34. The normalized spacial score (nSPS) is 12.7. The van der Waals surface area contributed by atoms with Gasteiger partial charge < -0.3 is 15.6 Å². The summed E-state index contributed by atoms with van der Waals surface area (Å²) in [6.07, 6.45) is 1.15. The van der Waals surface area contributed by atoms with E-state index in [2.05, 4.69) is 10.5 Å². The fraction of sp³-hybridized carbons (Fsp3) is 0.800. The summed E-state index contributed by atoms with van der Waals surface area (Å²) in [5, 5.41) is 13.1. The number of carbonyl (C=O) groups is 1. The van der Waals surface area contributed by atoms with Gasteiger partial charge in [-0.1, -0.05) is 0 Å². The minimum Gasteiger partial charge on any atom is -0.480 e. The highest BCUT2D eigenvalue weighted by molar-refractivity contribution is 6.06. The van der Waals surface area contributed by atoms with E-state index < -0.39 is 12.0 Å². The van der Waals surface area contributed by atoms with Crippen LogP contribution in [0.4, 0.5) is 0 Å². The first-order chi connectivity index (χ1) is 5.22. The van der Waals surface area contributed by atoms with Gasteiger partial charge in [-0.15, -0.1) is 0 Å². The summed E-state index contributed by atoms with van der Waals surface area (Å²) >= 11 is 0. The monoisotopic (exact) mass is 152 g/mol. The van der Waals surface area contributed by atoms with E-state index in [4.69, 9.17) is 21.1 Å². The van der Waals surface area contributed by atoms with Crippen LogP contribution in [-0.4, -0.2) is 39.6 Å². The molecule has 0 spiro atoms. The van der Waals surface area contributed by atoms with E-state index in [1.54, 1.807) is 0 Å². The zero-order chi connectivity index (χ0) is 8.69. The van der Waals surface area contributed by atoms with Crippen LogP contribution in [0.5, 0.6) is 0 Å². The third-order valence-corrected chi connectivity index (χ3v) is 1.31. The molecule has 0 saturated heterocycles. The van der Waals surface area contributed by atoms with Crippen molar-refractivity contribution in [3.63, 3.8) is 0 Å². The van der Waals surface area contributed by atoms with Crippen molar-refractivity contribution in [3.8, 4) is 0 Å². The number of aliphatic carboxylic acids is 1. The Balaban J connectivity index is 3.44. The molecule has 0 saturated carbocycles. The lowest BCUT2D eigenvalue weighted by Crippen LogP contribution is -2.35. The lowest BCUT2D eigenvalue weighted by molar-refractivity contribution is -0.139. The number of carboxylic acids is 1. The third kappa shape index (κ3) is 4.86. The van der Waals surface area contributed by atoms with Crippen molar-refractivity contribution in [1.29, 1.82) is 0 Å². The SMILES string of the molecule is [B]NCCCC(N[B])C(=O)O. The molecule has 1 atom stereocenters. The Hall–Kier alpha value is -0.480. The average Bonchev–Trinajstić information content (AvgIpc) is 1.97. The molecule has 0 aliphatic rings. The summed E-state index contributed by atoms with van der Waals surface area (Å²) in [7, 11) is 9.96. The molecule has 0 fully saturated rings. The maximum atomic E-state index is 10.3. The molecule has 0 aromatic heterocycles. The van der Waals surface area contributed by atoms with Crippen LogP contribution in [0.1, 0.15) is 12.8 Å². The Bertz CT molecular complexity index is 123. The number of carboxylic acid groups (broad SMARTS) is 1. The predicted molar refractivity (Wildman–Crippen MR) is 43.3 cm³/mol. The molecule has 3 N–H and O–H groups in total. The van der Waals surface area contributed by atoms with Crippen LogP contribution in [-0.2, 0) is 4.79 Å². The van der Waals surface area contributed by atoms with Gasteiger partial charge in [0.05, 0.1) is 6.04 Å². The number of rotatable bonds is 6. The molecule has 58 valence electrons. The molecule has 0 aromatic carbocycles. The molecule has 6 heteroatoms. The van der Waals surface area contributed by atoms with Gasteiger partial charge in [0.25, 0.3) is 0 Å². The van der Waals surface area contributed by atoms with Gasteiger partial charge in [-0.3, -0.25) is 4.79 Å². The van der Waals surface area contributed by atoms with E-state index in [0.29, 0.717) is 19.4 Å². The van der Waals surface area contributed by atoms with Crippen LogP contribution in [0.25, 0.3) is 0 Å². The van der Waals surface area contributed by atoms with Crippen molar-refractivity contribution in [2.75, 3.05) is 6.54 Å². The topological polar surface area (TPSA) is 61.4 Å². The van der Waals surface area contributed by atoms with Gasteiger partial charge in [0.2, 0.25) is 0 Å². The van der Waals surface area contributed by atoms with Crippen molar-refractivity contribution in [1.82, 2.24) is 10.5 Å². The van der Waals surface area contributed by atoms with Crippen molar-refractivity contribution >= 4 is 21.9 Å². The molecule has 0 aliphatic heterocycles. The van der Waals surface area contributed by atoms with E-state index in [1.807, 2.05) is 0 Å². The smallest absolute Gasteiger partial charge is 0.319 e. The standard InChI is InChI=1S/C5H10B2N2O2/c6-8-3-1-2-4(9-7)5(10)11/h4,8-9H,1-3H2,(H,10,11). The highest BCUT2D eigenvalue weighted by Crippen LogP contribution is 1.94. The highest BCUT2D eigenvalue weighted by atomic mass is 16.4. The Morgan fingerprint density at radius 2 is 2.18 bits per heavy atom. The molecule has 0 rings (SSSR count). The largest absolute Gasteiger partial charge is 0.480 e. The second kappa shape index (κ2) is 6.24. The van der Waals surface area contributed by atoms with E-state index >= 15 is 0 Å². The summed E-state index contributed by atoms with van der Waals surface area (Å²) < 4.78 is 0. The second-order valence-electron chi connectivity index (χ2n) is 2.15. The van der Waals surface area contributed by atoms with Gasteiger partial charge in [-0.05, 0) is 19.4 Å². The van der Waals surface area contributed by atoms with Gasteiger partial charge in [0.15, 0.2) is 16.0 Å². The first kappa shape index (κ1) is 10.5. The van der Waals surface area contributed by atoms with Crippen molar-refractivity contribution < 1.29 is 9.90 Å². The molecule has 0 bridgehead atoms. The molecule has 4 nitrogen and oxygen atoms in total. The molecule has 0 aliphatic carbocycles. The fourth-order valence-corrected chi connectivity index (χ4v) is 0.686. The van der Waals surface area contributed by atoms with Gasteiger partial charge in [-0.25, -0.2) is 0 Å². The van der Waals surface area contributed by atoms with E-state index in [1.165, 1.54) is 0 Å². The zero-order valence-electron chi connectivity index (χ0n) is 6.21. The molecule has 0 heterocycles. The van der Waals surface area contributed by atoms with Crippen LogP contribution in [0.3, 0.4) is 0 Å². The van der Waals surface area contributed by atoms with Crippen LogP contribution in [0.2, 0.25) is 0 Å². The molecular formula is C5H10B2N2O2. The van der Waals surface area contributed by atoms with Crippen molar-refractivity contribution in [2.24, 2.45) is 0 Å². The lowest BCUT2D eigenvalue weighted by atomic mass is 10.1. The Morgan fingerprint density at radius 1 is 1.55 bits per heavy atom. The molecule has 1 unspecified atom stereocenters. The summed E-state index contributed by atoms with van der Waals surface area (Å²) in [4.78, 5) is 10.3. The fourth-order valence-electron chi connectivity index (χ4n) is 0.686. The van der Waals surface area contributed by atoms with E-state index in [0.717, 1.165) is 0 Å². The molecule has 11 heavy (non-hydrogen) atoms. The zero-order valence-corrected chi connectivity index (χ0v) is 6.21. The lowest BCUT2D eigenvalue weighted by Gasteiger charge is -2.10. The first-order valence-corrected chi connectivity index (χ1v) is 3.34. The Labute approximate surface area is 68.6 Å². The van der Waals surface area contributed by atoms with Gasteiger partial charge >= 0.3 is 5.97 Å². The van der Waals surface area contributed by atoms with Gasteiger partial charge in [0.1, 0.15) is 0 Å². The number of hydrogen-bond donors (Lipinski definition) is 3. The van der Waals surface area contributed by atoms with Gasteiger partial charge in [-0.2, -0.15) is 0 Å². The molecule has 0 aromatic rings. The number of nitrogens with one attached hydrogen (secondary N) is 2. The van der Waals surface area contributed by atoms with Crippen LogP contribution >= 0.6 is 0 Å². The number of hydrogen-bond acceptors (Lipinski definition) is 3. The molecule has 0 amide bonds. The summed E-state index contributed by atoms with van der Waals surface area (Å²) in [5.41, 5.74) is 0. The summed E-state index contributed by atoms with van der Waals surface area (Å²) in [6, 6.07) is -0.677. The maximum Gasteiger partial charge on any atom is 0.319 e. The Kier molecular flexibility index (Phi) is 5.97. The third-order valence-electron chi connectivity index (χ3n) is 1.31. The molecule has 4 radical (unpaired) electrons. The molecular weight excluding hydrogens is 142 g/mol. The van der Waals surface area contributed by atoms with Gasteiger partial charge in [0, 0.05) is 0 Å². The predicted octanol–water partition coefficient (Wildman–Crippen LogP) is -1.43. The Morgan fingerprint density at radius 3 is 2.55 bits per heavy atom. The van der Waals surface area contributed by atoms with Crippen LogP contribution in [0.15, 0.2) is 0 Å². The summed E-state index contributed by atoms with van der Waals surface area (Å²) in [5.74, 6) is -0.940. The maximum absolute atomic E-state index is 10.3. The average molecular weight is 152 g/mol. The quantitative estimate of drug-likeness (QED) is 0.322. The van der Waals surface area contributed by atoms with E-state index in [-0.39, 0.29) is 0 Å². The second-order valence-corrected chi connectivity index (χ2v) is 2.15.